The number of hydrogen-bond acceptors (Lipinski definition) is 3. The number of rotatable bonds is 2. The summed E-state index contributed by atoms with van der Waals surface area (Å²) in [4.78, 5) is 26.0. The Morgan fingerprint density at radius 2 is 1.77 bits per heavy atom. The van der Waals surface area contributed by atoms with Crippen molar-refractivity contribution in [3.05, 3.63) is 29.8 Å². The van der Waals surface area contributed by atoms with Gasteiger partial charge in [-0.25, -0.2) is 4.79 Å². The molecular formula is C18H23F3N2O3. The predicted molar refractivity (Wildman–Crippen MR) is 90.6 cm³/mol. The van der Waals surface area contributed by atoms with Crippen LogP contribution in [-0.2, 0) is 15.7 Å². The molecule has 1 aromatic carbocycles. The highest BCUT2D eigenvalue weighted by molar-refractivity contribution is 5.93. The van der Waals surface area contributed by atoms with Crippen LogP contribution in [0.1, 0.15) is 39.2 Å². The fourth-order valence-electron chi connectivity index (χ4n) is 2.67. The second-order valence-corrected chi connectivity index (χ2v) is 7.33. The van der Waals surface area contributed by atoms with Crippen molar-refractivity contribution in [3.8, 4) is 0 Å². The zero-order valence-electron chi connectivity index (χ0n) is 15.0. The summed E-state index contributed by atoms with van der Waals surface area (Å²) in [5.74, 6) is -0.753. The largest absolute Gasteiger partial charge is 0.444 e. The van der Waals surface area contributed by atoms with Gasteiger partial charge in [0.05, 0.1) is 11.5 Å². The Kier molecular flexibility index (Phi) is 5.83. The molecule has 0 aliphatic carbocycles. The molecule has 0 unspecified atom stereocenters. The molecule has 1 heterocycles. The molecular weight excluding hydrogens is 349 g/mol. The summed E-state index contributed by atoms with van der Waals surface area (Å²) in [5.41, 5.74) is -1.10. The van der Waals surface area contributed by atoms with Crippen LogP contribution < -0.4 is 5.32 Å². The highest BCUT2D eigenvalue weighted by atomic mass is 19.4. The normalized spacial score (nSPS) is 18.4. The van der Waals surface area contributed by atoms with Crippen LogP contribution in [0.5, 0.6) is 0 Å². The molecule has 2 amide bonds. The van der Waals surface area contributed by atoms with Crippen molar-refractivity contribution in [2.24, 2.45) is 5.92 Å². The number of carbonyl (C=O) groups is 2. The maximum Gasteiger partial charge on any atom is 0.416 e. The number of halogens is 3. The van der Waals surface area contributed by atoms with Gasteiger partial charge in [0.25, 0.3) is 0 Å². The number of anilines is 1. The van der Waals surface area contributed by atoms with Crippen LogP contribution in [0.3, 0.4) is 0 Å². The molecule has 1 aliphatic heterocycles. The summed E-state index contributed by atoms with van der Waals surface area (Å²) in [6, 6.07) is 4.28. The molecule has 1 N–H and O–H groups in total. The van der Waals surface area contributed by atoms with Gasteiger partial charge in [0.1, 0.15) is 5.60 Å². The van der Waals surface area contributed by atoms with Crippen molar-refractivity contribution >= 4 is 17.7 Å². The number of likely N-dealkylation sites (tertiary alicyclic amines) is 1. The second kappa shape index (κ2) is 7.55. The van der Waals surface area contributed by atoms with Crippen molar-refractivity contribution in [2.45, 2.75) is 45.4 Å². The standard InChI is InChI=1S/C18H23F3N2O3/c1-17(2,3)26-16(25)23-10-4-5-12(11-23)15(24)22-14-8-6-13(7-9-14)18(19,20)21/h6-9,12H,4-5,10-11H2,1-3H3,(H,22,24)/t12-/m1/s1. The first-order valence-electron chi connectivity index (χ1n) is 8.42. The lowest BCUT2D eigenvalue weighted by atomic mass is 9.97. The van der Waals surface area contributed by atoms with Crippen molar-refractivity contribution in [3.63, 3.8) is 0 Å². The number of nitrogens with one attached hydrogen (secondary N) is 1. The first-order valence-corrected chi connectivity index (χ1v) is 8.42. The van der Waals surface area contributed by atoms with Crippen molar-refractivity contribution < 1.29 is 27.5 Å². The third kappa shape index (κ3) is 5.64. The van der Waals surface area contributed by atoms with E-state index in [-0.39, 0.29) is 18.1 Å². The van der Waals surface area contributed by atoms with Crippen LogP contribution in [0, 0.1) is 5.92 Å². The Balaban J connectivity index is 1.95. The van der Waals surface area contributed by atoms with Crippen molar-refractivity contribution in [1.29, 1.82) is 0 Å². The molecule has 1 saturated heterocycles. The Labute approximate surface area is 150 Å². The molecule has 26 heavy (non-hydrogen) atoms. The third-order valence-corrected chi connectivity index (χ3v) is 3.92. The van der Waals surface area contributed by atoms with E-state index < -0.39 is 29.4 Å². The van der Waals surface area contributed by atoms with Crippen LogP contribution in [0.15, 0.2) is 24.3 Å². The molecule has 8 heteroatoms. The molecule has 0 aromatic heterocycles. The summed E-state index contributed by atoms with van der Waals surface area (Å²) >= 11 is 0. The van der Waals surface area contributed by atoms with E-state index in [1.807, 2.05) is 0 Å². The van der Waals surface area contributed by atoms with Gasteiger partial charge in [0.2, 0.25) is 5.91 Å². The maximum absolute atomic E-state index is 12.6. The first-order chi connectivity index (χ1) is 12.0. The van der Waals surface area contributed by atoms with E-state index in [1.165, 1.54) is 17.0 Å². The molecule has 144 valence electrons. The molecule has 1 aliphatic rings. The molecule has 1 aromatic rings. The minimum Gasteiger partial charge on any atom is -0.444 e. The summed E-state index contributed by atoms with van der Waals surface area (Å²) in [7, 11) is 0. The summed E-state index contributed by atoms with van der Waals surface area (Å²) in [5, 5.41) is 2.61. The molecule has 0 saturated carbocycles. The van der Waals surface area contributed by atoms with E-state index in [0.29, 0.717) is 19.4 Å². The smallest absolute Gasteiger partial charge is 0.416 e. The van der Waals surface area contributed by atoms with Crippen LogP contribution in [0.2, 0.25) is 0 Å². The lowest BCUT2D eigenvalue weighted by molar-refractivity contribution is -0.137. The molecule has 0 radical (unpaired) electrons. The van der Waals surface area contributed by atoms with Gasteiger partial charge in [-0.05, 0) is 57.9 Å². The molecule has 0 spiro atoms. The van der Waals surface area contributed by atoms with E-state index in [1.54, 1.807) is 20.8 Å². The Morgan fingerprint density at radius 3 is 2.31 bits per heavy atom. The number of hydrogen-bond donors (Lipinski definition) is 1. The lowest BCUT2D eigenvalue weighted by Gasteiger charge is -2.33. The third-order valence-electron chi connectivity index (χ3n) is 3.92. The Bertz CT molecular complexity index is 651. The molecule has 5 nitrogen and oxygen atoms in total. The zero-order chi connectivity index (χ0) is 19.5. The fraction of sp³-hybridized carbons (Fsp3) is 0.556. The number of piperidine rings is 1. The van der Waals surface area contributed by atoms with E-state index >= 15 is 0 Å². The average Bonchev–Trinajstić information content (AvgIpc) is 2.53. The van der Waals surface area contributed by atoms with Crippen molar-refractivity contribution in [1.82, 2.24) is 4.90 Å². The molecule has 1 atom stereocenters. The minimum atomic E-state index is -4.42. The van der Waals surface area contributed by atoms with Gasteiger partial charge in [0, 0.05) is 18.8 Å². The number of amides is 2. The monoisotopic (exact) mass is 372 g/mol. The van der Waals surface area contributed by atoms with E-state index in [0.717, 1.165) is 12.1 Å². The summed E-state index contributed by atoms with van der Waals surface area (Å²) < 4.78 is 43.0. The summed E-state index contributed by atoms with van der Waals surface area (Å²) in [6.45, 7) is 6.04. The predicted octanol–water partition coefficient (Wildman–Crippen LogP) is 4.29. The van der Waals surface area contributed by atoms with Crippen molar-refractivity contribution in [2.75, 3.05) is 18.4 Å². The van der Waals surface area contributed by atoms with Gasteiger partial charge in [-0.2, -0.15) is 13.2 Å². The van der Waals surface area contributed by atoms with E-state index in [2.05, 4.69) is 5.32 Å². The van der Waals surface area contributed by atoms with Crippen LogP contribution >= 0.6 is 0 Å². The van der Waals surface area contributed by atoms with E-state index in [9.17, 15) is 22.8 Å². The SMILES string of the molecule is CC(C)(C)OC(=O)N1CCC[C@@H](C(=O)Nc2ccc(C(F)(F)F)cc2)C1. The minimum absolute atomic E-state index is 0.224. The number of ether oxygens (including phenoxy) is 1. The molecule has 1 fully saturated rings. The molecule has 0 bridgehead atoms. The zero-order valence-corrected chi connectivity index (χ0v) is 15.0. The van der Waals surface area contributed by atoms with Gasteiger partial charge >= 0.3 is 12.3 Å². The van der Waals surface area contributed by atoms with Crippen LogP contribution in [0.25, 0.3) is 0 Å². The maximum atomic E-state index is 12.6. The number of alkyl halides is 3. The van der Waals surface area contributed by atoms with Crippen LogP contribution in [0.4, 0.5) is 23.7 Å². The molecule has 2 rings (SSSR count). The Hall–Kier alpha value is -2.25. The summed E-state index contributed by atoms with van der Waals surface area (Å²) in [6.07, 6.45) is -3.62. The number of benzene rings is 1. The fourth-order valence-corrected chi connectivity index (χ4v) is 2.67. The average molecular weight is 372 g/mol. The highest BCUT2D eigenvalue weighted by Gasteiger charge is 2.32. The quantitative estimate of drug-likeness (QED) is 0.842. The second-order valence-electron chi connectivity index (χ2n) is 7.33. The van der Waals surface area contributed by atoms with Gasteiger partial charge in [-0.15, -0.1) is 0 Å². The van der Waals surface area contributed by atoms with Gasteiger partial charge in [-0.3, -0.25) is 4.79 Å². The van der Waals surface area contributed by atoms with Crippen LogP contribution in [-0.4, -0.2) is 35.6 Å². The topological polar surface area (TPSA) is 58.6 Å². The van der Waals surface area contributed by atoms with Gasteiger partial charge < -0.3 is 15.0 Å². The van der Waals surface area contributed by atoms with E-state index in [4.69, 9.17) is 4.74 Å². The van der Waals surface area contributed by atoms with Gasteiger partial charge in [-0.1, -0.05) is 0 Å². The number of carbonyl (C=O) groups excluding carboxylic acids is 2. The number of nitrogens with zero attached hydrogens (tertiary/aromatic N) is 1. The Morgan fingerprint density at radius 1 is 1.15 bits per heavy atom. The van der Waals surface area contributed by atoms with Gasteiger partial charge in [0.15, 0.2) is 0 Å². The highest BCUT2D eigenvalue weighted by Crippen LogP contribution is 2.30. The first kappa shape index (κ1) is 20.1. The lowest BCUT2D eigenvalue weighted by Crippen LogP contribution is -2.45.